The van der Waals surface area contributed by atoms with E-state index in [1.807, 2.05) is 0 Å². The molecule has 1 aliphatic rings. The smallest absolute Gasteiger partial charge is 0.0462 e. The molecule has 1 aliphatic carbocycles. The van der Waals surface area contributed by atoms with E-state index in [-0.39, 0.29) is 0 Å². The van der Waals surface area contributed by atoms with Crippen molar-refractivity contribution in [2.24, 2.45) is 5.92 Å². The van der Waals surface area contributed by atoms with Gasteiger partial charge in [-0.2, -0.15) is 0 Å². The van der Waals surface area contributed by atoms with Crippen molar-refractivity contribution < 1.29 is 4.74 Å². The highest BCUT2D eigenvalue weighted by Gasteiger charge is 2.19. The van der Waals surface area contributed by atoms with Crippen molar-refractivity contribution in [2.45, 2.75) is 25.7 Å². The molecule has 1 rings (SSSR count). The van der Waals surface area contributed by atoms with E-state index in [1.165, 1.54) is 25.7 Å². The lowest BCUT2D eigenvalue weighted by molar-refractivity contribution is 0.191. The molecular formula is C7H14O. The summed E-state index contributed by atoms with van der Waals surface area (Å²) in [5.74, 6) is 1.07. The molecule has 0 aromatic rings. The van der Waals surface area contributed by atoms with E-state index in [9.17, 15) is 0 Å². The summed E-state index contributed by atoms with van der Waals surface area (Å²) in [4.78, 5) is 0. The number of hydrogen-bond donors (Lipinski definition) is 0. The maximum Gasteiger partial charge on any atom is 0.0462 e. The molecule has 0 amide bonds. The lowest BCUT2D eigenvalue weighted by Crippen LogP contribution is -1.87. The molecule has 0 aliphatic heterocycles. The molecule has 0 aromatic heterocycles. The van der Waals surface area contributed by atoms with Crippen LogP contribution in [0.15, 0.2) is 0 Å². The molecule has 0 spiro atoms. The zero-order valence-electron chi connectivity index (χ0n) is 5.52. The van der Waals surface area contributed by atoms with E-state index >= 15 is 0 Å². The summed E-state index contributed by atoms with van der Waals surface area (Å²) >= 11 is 0. The Hall–Kier alpha value is -0.0400. The Bertz CT molecular complexity index is 57.4. The third-order valence-corrected chi connectivity index (χ3v) is 1.66. The lowest BCUT2D eigenvalue weighted by atomic mass is 10.2. The van der Waals surface area contributed by atoms with Gasteiger partial charge in [-0.25, -0.2) is 0 Å². The maximum atomic E-state index is 4.92. The van der Waals surface area contributed by atoms with E-state index in [4.69, 9.17) is 4.74 Å². The number of rotatable bonds is 4. The summed E-state index contributed by atoms with van der Waals surface area (Å²) in [5, 5.41) is 0. The Morgan fingerprint density at radius 2 is 2.25 bits per heavy atom. The zero-order valence-corrected chi connectivity index (χ0v) is 5.52. The second-order valence-corrected chi connectivity index (χ2v) is 2.58. The fourth-order valence-electron chi connectivity index (χ4n) is 0.923. The molecule has 48 valence electrons. The molecule has 1 heteroatoms. The first-order valence-electron chi connectivity index (χ1n) is 3.42. The topological polar surface area (TPSA) is 9.23 Å². The average Bonchev–Trinajstić information content (AvgIpc) is 2.51. The fourth-order valence-corrected chi connectivity index (χ4v) is 0.923. The third kappa shape index (κ3) is 2.31. The molecule has 0 heterocycles. The van der Waals surface area contributed by atoms with Gasteiger partial charge in [-0.15, -0.1) is 0 Å². The van der Waals surface area contributed by atoms with Crippen LogP contribution in [0.25, 0.3) is 0 Å². The van der Waals surface area contributed by atoms with Crippen molar-refractivity contribution in [1.29, 1.82) is 0 Å². The molecule has 0 bridgehead atoms. The van der Waals surface area contributed by atoms with Crippen molar-refractivity contribution in [3.8, 4) is 0 Å². The minimum absolute atomic E-state index is 0.955. The van der Waals surface area contributed by atoms with Crippen LogP contribution in [0, 0.1) is 5.92 Å². The lowest BCUT2D eigenvalue weighted by Gasteiger charge is -1.94. The second-order valence-electron chi connectivity index (χ2n) is 2.58. The molecule has 8 heavy (non-hydrogen) atoms. The standard InChI is InChI=1S/C7H14O/c1-8-6-2-3-7-4-5-7/h7H,2-6H2,1H3. The van der Waals surface area contributed by atoms with Gasteiger partial charge >= 0.3 is 0 Å². The summed E-state index contributed by atoms with van der Waals surface area (Å²) in [5.41, 5.74) is 0. The molecule has 0 N–H and O–H groups in total. The Morgan fingerprint density at radius 3 is 2.75 bits per heavy atom. The summed E-state index contributed by atoms with van der Waals surface area (Å²) in [7, 11) is 1.77. The largest absolute Gasteiger partial charge is 0.385 e. The molecule has 1 saturated carbocycles. The van der Waals surface area contributed by atoms with Crippen LogP contribution in [0.3, 0.4) is 0 Å². The van der Waals surface area contributed by atoms with Gasteiger partial charge in [0.2, 0.25) is 0 Å². The summed E-state index contributed by atoms with van der Waals surface area (Å²) in [6.07, 6.45) is 5.61. The predicted octanol–water partition coefficient (Wildman–Crippen LogP) is 1.82. The molecule has 0 atom stereocenters. The minimum Gasteiger partial charge on any atom is -0.385 e. The Kier molecular flexibility index (Phi) is 2.34. The van der Waals surface area contributed by atoms with Crippen LogP contribution in [0.5, 0.6) is 0 Å². The molecule has 0 radical (unpaired) electrons. The molecule has 1 nitrogen and oxygen atoms in total. The molecular weight excluding hydrogens is 100 g/mol. The van der Waals surface area contributed by atoms with Gasteiger partial charge in [0, 0.05) is 13.7 Å². The monoisotopic (exact) mass is 114 g/mol. The normalized spacial score (nSPS) is 19.1. The quantitative estimate of drug-likeness (QED) is 0.506. The van der Waals surface area contributed by atoms with Crippen LogP contribution in [-0.4, -0.2) is 13.7 Å². The van der Waals surface area contributed by atoms with E-state index in [0.29, 0.717) is 0 Å². The van der Waals surface area contributed by atoms with E-state index in [2.05, 4.69) is 0 Å². The highest BCUT2D eigenvalue weighted by atomic mass is 16.5. The molecule has 0 aromatic carbocycles. The molecule has 1 fully saturated rings. The van der Waals surface area contributed by atoms with Gasteiger partial charge in [0.1, 0.15) is 0 Å². The van der Waals surface area contributed by atoms with Crippen LogP contribution in [0.4, 0.5) is 0 Å². The number of ether oxygens (including phenoxy) is 1. The van der Waals surface area contributed by atoms with E-state index in [1.54, 1.807) is 7.11 Å². The summed E-state index contributed by atoms with van der Waals surface area (Å²) in [6, 6.07) is 0. The predicted molar refractivity (Wildman–Crippen MR) is 33.8 cm³/mol. The SMILES string of the molecule is COCCCC1CC1. The van der Waals surface area contributed by atoms with Crippen LogP contribution in [-0.2, 0) is 4.74 Å². The van der Waals surface area contributed by atoms with Gasteiger partial charge < -0.3 is 4.74 Å². The Balaban J connectivity index is 1.74. The van der Waals surface area contributed by atoms with Gasteiger partial charge in [-0.1, -0.05) is 12.8 Å². The fraction of sp³-hybridized carbons (Fsp3) is 1.00. The minimum atomic E-state index is 0.955. The third-order valence-electron chi connectivity index (χ3n) is 1.66. The van der Waals surface area contributed by atoms with E-state index in [0.717, 1.165) is 12.5 Å². The van der Waals surface area contributed by atoms with Crippen molar-refractivity contribution in [2.75, 3.05) is 13.7 Å². The zero-order chi connectivity index (χ0) is 5.82. The van der Waals surface area contributed by atoms with Crippen LogP contribution >= 0.6 is 0 Å². The van der Waals surface area contributed by atoms with Crippen molar-refractivity contribution in [3.63, 3.8) is 0 Å². The van der Waals surface area contributed by atoms with Gasteiger partial charge in [0.25, 0.3) is 0 Å². The highest BCUT2D eigenvalue weighted by Crippen LogP contribution is 2.33. The van der Waals surface area contributed by atoms with Gasteiger partial charge in [-0.05, 0) is 18.8 Å². The number of methoxy groups -OCH3 is 1. The molecule has 0 saturated heterocycles. The van der Waals surface area contributed by atoms with Gasteiger partial charge in [0.15, 0.2) is 0 Å². The van der Waals surface area contributed by atoms with E-state index < -0.39 is 0 Å². The van der Waals surface area contributed by atoms with Crippen LogP contribution in [0.2, 0.25) is 0 Å². The van der Waals surface area contributed by atoms with Crippen LogP contribution < -0.4 is 0 Å². The van der Waals surface area contributed by atoms with Gasteiger partial charge in [-0.3, -0.25) is 0 Å². The van der Waals surface area contributed by atoms with Crippen molar-refractivity contribution >= 4 is 0 Å². The van der Waals surface area contributed by atoms with Gasteiger partial charge in [0.05, 0.1) is 0 Å². The Morgan fingerprint density at radius 1 is 1.50 bits per heavy atom. The van der Waals surface area contributed by atoms with Crippen LogP contribution in [0.1, 0.15) is 25.7 Å². The first-order valence-corrected chi connectivity index (χ1v) is 3.42. The molecule has 0 unspecified atom stereocenters. The first-order chi connectivity index (χ1) is 3.93. The average molecular weight is 114 g/mol. The highest BCUT2D eigenvalue weighted by molar-refractivity contribution is 4.72. The number of hydrogen-bond acceptors (Lipinski definition) is 1. The summed E-state index contributed by atoms with van der Waals surface area (Å²) < 4.78 is 4.92. The first kappa shape index (κ1) is 6.09. The summed E-state index contributed by atoms with van der Waals surface area (Å²) in [6.45, 7) is 0.955. The second kappa shape index (κ2) is 3.08. The Labute approximate surface area is 51.0 Å². The maximum absolute atomic E-state index is 4.92. The van der Waals surface area contributed by atoms with Crippen molar-refractivity contribution in [1.82, 2.24) is 0 Å². The van der Waals surface area contributed by atoms with Crippen molar-refractivity contribution in [3.05, 3.63) is 0 Å².